The molecule has 2 aromatic rings. The first kappa shape index (κ1) is 23.2. The Morgan fingerprint density at radius 1 is 0.667 bits per heavy atom. The fourth-order valence-electron chi connectivity index (χ4n) is 2.22. The van der Waals surface area contributed by atoms with Crippen molar-refractivity contribution < 1.29 is 26.3 Å². The summed E-state index contributed by atoms with van der Waals surface area (Å²) < 4.78 is 53.9. The molecular weight excluding hydrogens is 432 g/mol. The van der Waals surface area contributed by atoms with Crippen LogP contribution in [0.25, 0.3) is 0 Å². The lowest BCUT2D eigenvalue weighted by Gasteiger charge is -2.09. The van der Waals surface area contributed by atoms with Crippen molar-refractivity contribution in [2.75, 3.05) is 23.8 Å². The molecule has 0 amide bonds. The summed E-state index contributed by atoms with van der Waals surface area (Å²) in [6.07, 6.45) is 1.55. The maximum absolute atomic E-state index is 10.7. The van der Waals surface area contributed by atoms with Gasteiger partial charge in [-0.2, -0.15) is 16.8 Å². The van der Waals surface area contributed by atoms with Crippen LogP contribution in [0.5, 0.6) is 11.5 Å². The second-order valence-electron chi connectivity index (χ2n) is 5.90. The van der Waals surface area contributed by atoms with Crippen molar-refractivity contribution in [3.63, 3.8) is 0 Å². The molecule has 0 unspecified atom stereocenters. The number of rotatable bonds is 9. The molecule has 0 fully saturated rings. The van der Waals surface area contributed by atoms with Gasteiger partial charge in [0, 0.05) is 11.4 Å². The lowest BCUT2D eigenvalue weighted by Crippen LogP contribution is -2.23. The van der Waals surface area contributed by atoms with E-state index < -0.39 is 20.6 Å². The van der Waals surface area contributed by atoms with E-state index in [9.17, 15) is 16.8 Å². The van der Waals surface area contributed by atoms with Crippen molar-refractivity contribution in [3.05, 3.63) is 48.5 Å². The van der Waals surface area contributed by atoms with Gasteiger partial charge in [0.2, 0.25) is 30.8 Å². The van der Waals surface area contributed by atoms with Crippen molar-refractivity contribution >= 4 is 42.2 Å². The maximum Gasteiger partial charge on any atom is 0.249 e. The third kappa shape index (κ3) is 8.13. The summed E-state index contributed by atoms with van der Waals surface area (Å²) >= 11 is 0. The molecule has 30 heavy (non-hydrogen) atoms. The van der Waals surface area contributed by atoms with E-state index in [1.807, 2.05) is 0 Å². The van der Waals surface area contributed by atoms with Crippen LogP contribution in [-0.2, 0) is 20.6 Å². The SMILES string of the molecule is NC(Nc1ccc(OCCCCOc2ccc(NC(N)=S(=O)=O)cc2)cc1)=S(=O)=O. The average molecular weight is 455 g/mol. The van der Waals surface area contributed by atoms with E-state index in [-0.39, 0.29) is 10.2 Å². The van der Waals surface area contributed by atoms with E-state index in [0.29, 0.717) is 36.1 Å². The highest BCUT2D eigenvalue weighted by atomic mass is 32.2. The van der Waals surface area contributed by atoms with Gasteiger partial charge in [0.25, 0.3) is 0 Å². The molecule has 0 aliphatic rings. The Kier molecular flexibility index (Phi) is 9.15. The number of nitrogens with one attached hydrogen (secondary N) is 2. The molecule has 2 rings (SSSR count). The van der Waals surface area contributed by atoms with Crippen molar-refractivity contribution in [2.45, 2.75) is 12.8 Å². The number of anilines is 2. The number of hydrogen-bond donors (Lipinski definition) is 4. The summed E-state index contributed by atoms with van der Waals surface area (Å²) in [5.74, 6) is 1.31. The minimum absolute atomic E-state index is 0.351. The molecule has 0 aromatic heterocycles. The molecule has 0 spiro atoms. The second-order valence-corrected chi connectivity index (χ2v) is 7.72. The quantitative estimate of drug-likeness (QED) is 0.312. The zero-order valence-electron chi connectivity index (χ0n) is 15.9. The van der Waals surface area contributed by atoms with Gasteiger partial charge in [-0.25, -0.2) is 0 Å². The summed E-state index contributed by atoms with van der Waals surface area (Å²) in [6, 6.07) is 13.5. The molecule has 12 heteroatoms. The molecule has 0 atom stereocenters. The average Bonchev–Trinajstić information content (AvgIpc) is 2.72. The first-order chi connectivity index (χ1) is 14.3. The Morgan fingerprint density at radius 2 is 1.00 bits per heavy atom. The molecule has 0 bridgehead atoms. The first-order valence-corrected chi connectivity index (χ1v) is 10.9. The minimum atomic E-state index is -2.49. The molecule has 10 nitrogen and oxygen atoms in total. The number of benzene rings is 2. The minimum Gasteiger partial charge on any atom is -0.494 e. The number of nitrogens with two attached hydrogens (primary N) is 2. The molecule has 0 saturated heterocycles. The number of hydrogen-bond acceptors (Lipinski definition) is 6. The third-order valence-corrected chi connectivity index (χ3v) is 4.60. The van der Waals surface area contributed by atoms with Crippen LogP contribution in [0.15, 0.2) is 48.5 Å². The fraction of sp³-hybridized carbons (Fsp3) is 0.222. The zero-order chi connectivity index (χ0) is 21.9. The van der Waals surface area contributed by atoms with Gasteiger partial charge in [-0.05, 0) is 61.4 Å². The Labute approximate surface area is 176 Å². The smallest absolute Gasteiger partial charge is 0.249 e. The van der Waals surface area contributed by atoms with Crippen LogP contribution in [0, 0.1) is 0 Å². The standard InChI is InChI=1S/C18H22N4O6S2/c19-17(29(23)24)21-13-3-7-15(8-4-13)27-11-1-2-12-28-16-9-5-14(6-10-16)22-18(20)30(25)26/h3-10,21-22H,1-2,11-12,19-20H2. The Morgan fingerprint density at radius 3 is 1.30 bits per heavy atom. The van der Waals surface area contributed by atoms with Gasteiger partial charge in [0.05, 0.1) is 13.2 Å². The van der Waals surface area contributed by atoms with Gasteiger partial charge in [0.15, 0.2) is 0 Å². The van der Waals surface area contributed by atoms with Crippen molar-refractivity contribution in [1.82, 2.24) is 0 Å². The van der Waals surface area contributed by atoms with Crippen LogP contribution in [-0.4, -0.2) is 40.3 Å². The van der Waals surface area contributed by atoms with E-state index in [2.05, 4.69) is 10.6 Å². The predicted octanol–water partition coefficient (Wildman–Crippen LogP) is 0.599. The Hall–Kier alpha value is -3.06. The lowest BCUT2D eigenvalue weighted by molar-refractivity contribution is 0.266. The normalized spacial score (nSPS) is 10.1. The van der Waals surface area contributed by atoms with Gasteiger partial charge >= 0.3 is 0 Å². The second kappa shape index (κ2) is 11.8. The van der Waals surface area contributed by atoms with E-state index in [1.54, 1.807) is 48.5 Å². The molecule has 0 aliphatic heterocycles. The summed E-state index contributed by atoms with van der Waals surface area (Å²) in [5.41, 5.74) is 11.7. The van der Waals surface area contributed by atoms with Crippen molar-refractivity contribution in [3.8, 4) is 11.5 Å². The molecule has 6 N–H and O–H groups in total. The van der Waals surface area contributed by atoms with Crippen LogP contribution in [0.2, 0.25) is 0 Å². The Balaban J connectivity index is 1.66. The van der Waals surface area contributed by atoms with Gasteiger partial charge in [-0.15, -0.1) is 0 Å². The molecule has 2 aromatic carbocycles. The predicted molar refractivity (Wildman–Crippen MR) is 117 cm³/mol. The highest BCUT2D eigenvalue weighted by Crippen LogP contribution is 2.17. The van der Waals surface area contributed by atoms with Crippen LogP contribution in [0.1, 0.15) is 12.8 Å². The van der Waals surface area contributed by atoms with Crippen LogP contribution in [0.3, 0.4) is 0 Å². The first-order valence-electron chi connectivity index (χ1n) is 8.78. The number of unbranched alkanes of at least 4 members (excludes halogenated alkanes) is 1. The molecule has 0 heterocycles. The van der Waals surface area contributed by atoms with Crippen LogP contribution in [0.4, 0.5) is 11.4 Å². The highest BCUT2D eigenvalue weighted by molar-refractivity contribution is 7.73. The lowest BCUT2D eigenvalue weighted by atomic mass is 10.3. The molecular formula is C18H22N4O6S2. The van der Waals surface area contributed by atoms with E-state index >= 15 is 0 Å². The fourth-order valence-corrected chi connectivity index (χ4v) is 2.62. The molecule has 0 radical (unpaired) electrons. The van der Waals surface area contributed by atoms with Crippen LogP contribution < -0.4 is 31.6 Å². The topological polar surface area (TPSA) is 163 Å². The van der Waals surface area contributed by atoms with Gasteiger partial charge in [0.1, 0.15) is 11.5 Å². The summed E-state index contributed by atoms with van der Waals surface area (Å²) in [4.78, 5) is 0. The van der Waals surface area contributed by atoms with Crippen molar-refractivity contribution in [2.24, 2.45) is 11.5 Å². The third-order valence-electron chi connectivity index (χ3n) is 3.68. The van der Waals surface area contributed by atoms with E-state index in [0.717, 1.165) is 12.8 Å². The molecule has 162 valence electrons. The van der Waals surface area contributed by atoms with Gasteiger partial charge in [-0.3, -0.25) is 11.5 Å². The largest absolute Gasteiger partial charge is 0.494 e. The highest BCUT2D eigenvalue weighted by Gasteiger charge is 2.00. The molecule has 0 aliphatic carbocycles. The van der Waals surface area contributed by atoms with E-state index in [1.165, 1.54) is 0 Å². The maximum atomic E-state index is 10.7. The summed E-state index contributed by atoms with van der Waals surface area (Å²) in [6.45, 7) is 0.999. The van der Waals surface area contributed by atoms with Gasteiger partial charge < -0.3 is 20.1 Å². The molecule has 0 saturated carbocycles. The van der Waals surface area contributed by atoms with Crippen LogP contribution >= 0.6 is 0 Å². The zero-order valence-corrected chi connectivity index (χ0v) is 17.5. The van der Waals surface area contributed by atoms with Gasteiger partial charge in [-0.1, -0.05) is 0 Å². The van der Waals surface area contributed by atoms with Crippen molar-refractivity contribution in [1.29, 1.82) is 0 Å². The monoisotopic (exact) mass is 454 g/mol. The summed E-state index contributed by atoms with van der Waals surface area (Å²) in [5, 5.41) is 4.41. The van der Waals surface area contributed by atoms with E-state index in [4.69, 9.17) is 20.9 Å². The Bertz CT molecular complexity index is 1000. The summed E-state index contributed by atoms with van der Waals surface area (Å²) in [7, 11) is -4.97. The number of ether oxygens (including phenoxy) is 2.